The van der Waals surface area contributed by atoms with Gasteiger partial charge in [-0.15, -0.1) is 10.2 Å². The molecule has 0 saturated heterocycles. The van der Waals surface area contributed by atoms with Gasteiger partial charge in [0.05, 0.1) is 5.75 Å². The number of aryl methyl sites for hydroxylation is 4. The predicted molar refractivity (Wildman–Crippen MR) is 118 cm³/mol. The standard InChI is InChI=1S/C21H23BrN4OS/c1-5-16-6-8-18(9-7-16)26-15(4)24-25-21(26)28-12-19(27)23-20-13(2)10-17(22)11-14(20)3/h6-11H,5,12H2,1-4H3,(H,23,27). The number of anilines is 1. The highest BCUT2D eigenvalue weighted by atomic mass is 79.9. The van der Waals surface area contributed by atoms with Gasteiger partial charge in [0.15, 0.2) is 5.16 Å². The molecule has 1 aromatic heterocycles. The molecule has 5 nitrogen and oxygen atoms in total. The second kappa shape index (κ2) is 8.92. The smallest absolute Gasteiger partial charge is 0.234 e. The van der Waals surface area contributed by atoms with Crippen LogP contribution in [-0.4, -0.2) is 26.4 Å². The molecule has 0 atom stereocenters. The normalized spacial score (nSPS) is 10.9. The molecule has 1 N–H and O–H groups in total. The molecule has 0 spiro atoms. The van der Waals surface area contributed by atoms with Crippen molar-refractivity contribution in [3.63, 3.8) is 0 Å². The molecule has 146 valence electrons. The van der Waals surface area contributed by atoms with E-state index in [0.29, 0.717) is 5.16 Å². The zero-order valence-corrected chi connectivity index (χ0v) is 18.8. The summed E-state index contributed by atoms with van der Waals surface area (Å²) < 4.78 is 2.99. The number of thioether (sulfide) groups is 1. The Bertz CT molecular complexity index is 975. The van der Waals surface area contributed by atoms with Crippen molar-refractivity contribution >= 4 is 39.3 Å². The molecular formula is C21H23BrN4OS. The van der Waals surface area contributed by atoms with Crippen molar-refractivity contribution in [1.29, 1.82) is 0 Å². The average Bonchev–Trinajstić information content (AvgIpc) is 3.03. The third-order valence-corrected chi connectivity index (χ3v) is 5.88. The lowest BCUT2D eigenvalue weighted by Gasteiger charge is -2.12. The van der Waals surface area contributed by atoms with E-state index in [2.05, 4.69) is 62.6 Å². The summed E-state index contributed by atoms with van der Waals surface area (Å²) in [6.07, 6.45) is 0.998. The molecule has 0 unspecified atom stereocenters. The van der Waals surface area contributed by atoms with Crippen LogP contribution in [0.1, 0.15) is 29.4 Å². The molecule has 0 aliphatic heterocycles. The maximum Gasteiger partial charge on any atom is 0.234 e. The van der Waals surface area contributed by atoms with Gasteiger partial charge in [0.1, 0.15) is 5.82 Å². The van der Waals surface area contributed by atoms with Crippen molar-refractivity contribution in [2.75, 3.05) is 11.1 Å². The predicted octanol–water partition coefficient (Wildman–Crippen LogP) is 5.25. The van der Waals surface area contributed by atoms with E-state index in [1.807, 2.05) is 37.5 Å². The van der Waals surface area contributed by atoms with Gasteiger partial charge in [0, 0.05) is 15.8 Å². The van der Waals surface area contributed by atoms with Crippen molar-refractivity contribution in [1.82, 2.24) is 14.8 Å². The molecule has 1 heterocycles. The van der Waals surface area contributed by atoms with Gasteiger partial charge >= 0.3 is 0 Å². The highest BCUT2D eigenvalue weighted by Crippen LogP contribution is 2.26. The zero-order valence-electron chi connectivity index (χ0n) is 16.4. The summed E-state index contributed by atoms with van der Waals surface area (Å²) in [5.74, 6) is 0.999. The monoisotopic (exact) mass is 458 g/mol. The topological polar surface area (TPSA) is 59.8 Å². The van der Waals surface area contributed by atoms with Crippen LogP contribution >= 0.6 is 27.7 Å². The Morgan fingerprint density at radius 3 is 2.36 bits per heavy atom. The Hall–Kier alpha value is -2.12. The number of rotatable bonds is 6. The summed E-state index contributed by atoms with van der Waals surface area (Å²) in [6, 6.07) is 12.3. The van der Waals surface area contributed by atoms with Crippen molar-refractivity contribution < 1.29 is 4.79 Å². The summed E-state index contributed by atoms with van der Waals surface area (Å²) in [7, 11) is 0. The minimum absolute atomic E-state index is 0.0629. The van der Waals surface area contributed by atoms with Gasteiger partial charge in [-0.25, -0.2) is 0 Å². The number of benzene rings is 2. The molecule has 7 heteroatoms. The lowest BCUT2D eigenvalue weighted by atomic mass is 10.1. The first-order valence-electron chi connectivity index (χ1n) is 9.09. The number of hydrogen-bond donors (Lipinski definition) is 1. The molecule has 28 heavy (non-hydrogen) atoms. The van der Waals surface area contributed by atoms with Crippen LogP contribution in [0.25, 0.3) is 5.69 Å². The number of hydrogen-bond acceptors (Lipinski definition) is 4. The van der Waals surface area contributed by atoms with E-state index in [0.717, 1.165) is 39.2 Å². The molecular weight excluding hydrogens is 436 g/mol. The fraction of sp³-hybridized carbons (Fsp3) is 0.286. The third kappa shape index (κ3) is 4.64. The van der Waals surface area contributed by atoms with E-state index < -0.39 is 0 Å². The molecule has 0 fully saturated rings. The molecule has 0 saturated carbocycles. The maximum absolute atomic E-state index is 12.5. The van der Waals surface area contributed by atoms with Gasteiger partial charge < -0.3 is 5.32 Å². The highest BCUT2D eigenvalue weighted by molar-refractivity contribution is 9.10. The van der Waals surface area contributed by atoms with E-state index in [-0.39, 0.29) is 11.7 Å². The Balaban J connectivity index is 1.72. The van der Waals surface area contributed by atoms with Gasteiger partial charge in [0.25, 0.3) is 0 Å². The number of halogens is 1. The zero-order chi connectivity index (χ0) is 20.3. The largest absolute Gasteiger partial charge is 0.325 e. The first-order valence-corrected chi connectivity index (χ1v) is 10.9. The van der Waals surface area contributed by atoms with Crippen LogP contribution in [0, 0.1) is 20.8 Å². The van der Waals surface area contributed by atoms with Crippen LogP contribution in [0.3, 0.4) is 0 Å². The molecule has 0 radical (unpaired) electrons. The number of amides is 1. The van der Waals surface area contributed by atoms with Crippen LogP contribution in [-0.2, 0) is 11.2 Å². The second-order valence-corrected chi connectivity index (χ2v) is 8.49. The number of carbonyl (C=O) groups is 1. The molecule has 0 bridgehead atoms. The molecule has 2 aromatic carbocycles. The molecule has 3 aromatic rings. The quantitative estimate of drug-likeness (QED) is 0.512. The lowest BCUT2D eigenvalue weighted by Crippen LogP contribution is -2.16. The number of nitrogens with one attached hydrogen (secondary N) is 1. The SMILES string of the molecule is CCc1ccc(-n2c(C)nnc2SCC(=O)Nc2c(C)cc(Br)cc2C)cc1. The minimum Gasteiger partial charge on any atom is -0.325 e. The van der Waals surface area contributed by atoms with E-state index >= 15 is 0 Å². The van der Waals surface area contributed by atoms with Crippen molar-refractivity contribution in [2.24, 2.45) is 0 Å². The molecule has 3 rings (SSSR count). The third-order valence-electron chi connectivity index (χ3n) is 4.49. The van der Waals surface area contributed by atoms with Gasteiger partial charge in [-0.1, -0.05) is 46.7 Å². The van der Waals surface area contributed by atoms with Crippen molar-refractivity contribution in [3.05, 3.63) is 63.4 Å². The van der Waals surface area contributed by atoms with Crippen LogP contribution < -0.4 is 5.32 Å². The second-order valence-electron chi connectivity index (χ2n) is 6.64. The van der Waals surface area contributed by atoms with E-state index in [1.54, 1.807) is 0 Å². The van der Waals surface area contributed by atoms with E-state index in [1.165, 1.54) is 17.3 Å². The first kappa shape index (κ1) is 20.6. The summed E-state index contributed by atoms with van der Waals surface area (Å²) in [4.78, 5) is 12.5. The summed E-state index contributed by atoms with van der Waals surface area (Å²) >= 11 is 4.86. The highest BCUT2D eigenvalue weighted by Gasteiger charge is 2.15. The number of aromatic nitrogens is 3. The Morgan fingerprint density at radius 1 is 1.11 bits per heavy atom. The van der Waals surface area contributed by atoms with Crippen LogP contribution in [0.5, 0.6) is 0 Å². The Morgan fingerprint density at radius 2 is 1.75 bits per heavy atom. The number of carbonyl (C=O) groups excluding carboxylic acids is 1. The average molecular weight is 459 g/mol. The summed E-state index contributed by atoms with van der Waals surface area (Å²) in [5.41, 5.74) is 5.20. The molecule has 0 aliphatic carbocycles. The van der Waals surface area contributed by atoms with Gasteiger partial charge in [-0.05, 0) is 68.1 Å². The summed E-state index contributed by atoms with van der Waals surface area (Å²) in [6.45, 7) is 8.02. The first-order chi connectivity index (χ1) is 13.4. The van der Waals surface area contributed by atoms with Gasteiger partial charge in [-0.2, -0.15) is 0 Å². The van der Waals surface area contributed by atoms with E-state index in [4.69, 9.17) is 0 Å². The molecule has 0 aliphatic rings. The lowest BCUT2D eigenvalue weighted by molar-refractivity contribution is -0.113. The van der Waals surface area contributed by atoms with Crippen LogP contribution in [0.4, 0.5) is 5.69 Å². The fourth-order valence-corrected chi connectivity index (χ4v) is 4.51. The van der Waals surface area contributed by atoms with Crippen molar-refractivity contribution in [3.8, 4) is 5.69 Å². The minimum atomic E-state index is -0.0629. The Labute approximate surface area is 178 Å². The molecule has 1 amide bonds. The van der Waals surface area contributed by atoms with Gasteiger partial charge in [0.2, 0.25) is 5.91 Å². The number of nitrogens with zero attached hydrogens (tertiary/aromatic N) is 3. The van der Waals surface area contributed by atoms with Crippen LogP contribution in [0.2, 0.25) is 0 Å². The van der Waals surface area contributed by atoms with Gasteiger partial charge in [-0.3, -0.25) is 9.36 Å². The van der Waals surface area contributed by atoms with E-state index in [9.17, 15) is 4.79 Å². The maximum atomic E-state index is 12.5. The van der Waals surface area contributed by atoms with Crippen LogP contribution in [0.15, 0.2) is 46.0 Å². The van der Waals surface area contributed by atoms with Crippen molar-refractivity contribution in [2.45, 2.75) is 39.3 Å². The summed E-state index contributed by atoms with van der Waals surface area (Å²) in [5, 5.41) is 12.2. The fourth-order valence-electron chi connectivity index (χ4n) is 3.03. The Kier molecular flexibility index (Phi) is 6.57.